The molecule has 0 aromatic heterocycles. The normalized spacial score (nSPS) is 13.2. The average molecular weight is 1060 g/mol. The number of aliphatic hydroxyl groups excluding tert-OH is 2. The number of carbonyl (C=O) groups is 1. The lowest BCUT2D eigenvalue weighted by Crippen LogP contribution is -2.45. The summed E-state index contributed by atoms with van der Waals surface area (Å²) in [5.74, 6) is -0.0696. The van der Waals surface area contributed by atoms with Gasteiger partial charge in [-0.05, 0) is 70.6 Å². The summed E-state index contributed by atoms with van der Waals surface area (Å²) in [5.41, 5.74) is 0. The summed E-state index contributed by atoms with van der Waals surface area (Å²) in [4.78, 5) is 12.5. The summed E-state index contributed by atoms with van der Waals surface area (Å²) in [6, 6.07) is -0.643. The van der Waals surface area contributed by atoms with Gasteiger partial charge in [0.1, 0.15) is 0 Å². The Morgan fingerprint density at radius 1 is 0.329 bits per heavy atom. The lowest BCUT2D eigenvalue weighted by Gasteiger charge is -2.19. The van der Waals surface area contributed by atoms with Crippen LogP contribution in [0.15, 0.2) is 72.9 Å². The first-order valence-corrected chi connectivity index (χ1v) is 34.2. The van der Waals surface area contributed by atoms with Crippen LogP contribution < -0.4 is 5.32 Å². The van der Waals surface area contributed by atoms with Crippen molar-refractivity contribution in [3.8, 4) is 0 Å². The lowest BCUT2D eigenvalue weighted by molar-refractivity contribution is -0.123. The topological polar surface area (TPSA) is 69.6 Å². The fourth-order valence-corrected chi connectivity index (χ4v) is 10.5. The quantitative estimate of drug-likeness (QED) is 0.0420. The maximum atomic E-state index is 12.5. The van der Waals surface area contributed by atoms with Gasteiger partial charge in [0.05, 0.1) is 18.8 Å². The van der Waals surface area contributed by atoms with Crippen molar-refractivity contribution in [1.82, 2.24) is 5.32 Å². The van der Waals surface area contributed by atoms with Gasteiger partial charge in [0, 0.05) is 6.42 Å². The van der Waals surface area contributed by atoms with E-state index < -0.39 is 12.1 Å². The molecule has 2 unspecified atom stereocenters. The molecule has 0 rings (SSSR count). The smallest absolute Gasteiger partial charge is 0.220 e. The van der Waals surface area contributed by atoms with Gasteiger partial charge in [-0.25, -0.2) is 0 Å². The van der Waals surface area contributed by atoms with Crippen molar-refractivity contribution in [1.29, 1.82) is 0 Å². The molecule has 0 aromatic rings. The van der Waals surface area contributed by atoms with Crippen LogP contribution in [0.1, 0.15) is 361 Å². The summed E-state index contributed by atoms with van der Waals surface area (Å²) >= 11 is 0. The molecule has 0 aliphatic heterocycles. The van der Waals surface area contributed by atoms with Gasteiger partial charge >= 0.3 is 0 Å². The fraction of sp³-hybridized carbons (Fsp3) is 0.819. The van der Waals surface area contributed by atoms with Crippen LogP contribution in [0.25, 0.3) is 0 Å². The van der Waals surface area contributed by atoms with Crippen molar-refractivity contribution in [2.75, 3.05) is 6.61 Å². The molecule has 4 nitrogen and oxygen atoms in total. The van der Waals surface area contributed by atoms with E-state index in [1.165, 1.54) is 283 Å². The maximum absolute atomic E-state index is 12.5. The molecule has 0 aliphatic carbocycles. The van der Waals surface area contributed by atoms with Gasteiger partial charge < -0.3 is 15.5 Å². The first-order valence-electron chi connectivity index (χ1n) is 34.2. The third kappa shape index (κ3) is 62.7. The minimum Gasteiger partial charge on any atom is -0.394 e. The predicted octanol–water partition coefficient (Wildman–Crippen LogP) is 23.3. The Kier molecular flexibility index (Phi) is 65.2. The molecule has 0 bridgehead atoms. The van der Waals surface area contributed by atoms with E-state index in [0.29, 0.717) is 6.42 Å². The van der Waals surface area contributed by atoms with Crippen molar-refractivity contribution in [2.45, 2.75) is 373 Å². The molecule has 0 spiro atoms. The van der Waals surface area contributed by atoms with Crippen molar-refractivity contribution in [3.63, 3.8) is 0 Å². The van der Waals surface area contributed by atoms with Crippen LogP contribution >= 0.6 is 0 Å². The largest absolute Gasteiger partial charge is 0.394 e. The van der Waals surface area contributed by atoms with Crippen LogP contribution in [0.5, 0.6) is 0 Å². The second-order valence-corrected chi connectivity index (χ2v) is 23.2. The maximum Gasteiger partial charge on any atom is 0.220 e. The Hall–Kier alpha value is -2.17. The fourth-order valence-electron chi connectivity index (χ4n) is 10.5. The molecule has 4 heteroatoms. The zero-order valence-corrected chi connectivity index (χ0v) is 51.3. The predicted molar refractivity (Wildman–Crippen MR) is 341 cm³/mol. The van der Waals surface area contributed by atoms with E-state index in [1.807, 2.05) is 6.08 Å². The van der Waals surface area contributed by atoms with Crippen LogP contribution in [0.4, 0.5) is 0 Å². The van der Waals surface area contributed by atoms with E-state index in [0.717, 1.165) is 57.8 Å². The van der Waals surface area contributed by atoms with E-state index >= 15 is 0 Å². The molecule has 0 heterocycles. The second kappa shape index (κ2) is 67.1. The van der Waals surface area contributed by atoms with Crippen molar-refractivity contribution < 1.29 is 15.0 Å². The van der Waals surface area contributed by atoms with Crippen LogP contribution in [-0.2, 0) is 4.79 Å². The number of allylic oxidation sites excluding steroid dienone is 11. The highest BCUT2D eigenvalue weighted by molar-refractivity contribution is 5.76. The number of carbonyl (C=O) groups excluding carboxylic acids is 1. The molecule has 444 valence electrons. The molecule has 76 heavy (non-hydrogen) atoms. The van der Waals surface area contributed by atoms with Crippen LogP contribution in [-0.4, -0.2) is 34.9 Å². The van der Waals surface area contributed by atoms with E-state index in [9.17, 15) is 15.0 Å². The van der Waals surface area contributed by atoms with Crippen molar-refractivity contribution in [3.05, 3.63) is 72.9 Å². The van der Waals surface area contributed by atoms with Gasteiger partial charge in [-0.3, -0.25) is 4.79 Å². The standard InChI is InChI=1S/C72H133NO3/c1-3-5-7-9-11-13-15-17-19-21-23-25-27-29-31-33-35-36-38-39-41-43-45-47-49-51-53-55-57-59-61-63-65-67-71(75)70(69-74)73-72(76)68-66-64-62-60-58-56-54-52-50-48-46-44-42-40-37-34-32-30-28-26-24-22-20-18-16-14-12-10-8-6-4-2/h6,8,12,14,18,20,24,26,57,59,65,67,70-71,74-75H,3-5,7,9-11,13,15-17,19,21-23,25,27-56,58,60-64,66,68-69H2,1-2H3,(H,73,76)/b8-6-,14-12-,20-18-,26-24-,59-57+,67-65+. The lowest BCUT2D eigenvalue weighted by atomic mass is 10.0. The van der Waals surface area contributed by atoms with E-state index in [-0.39, 0.29) is 12.5 Å². The van der Waals surface area contributed by atoms with Gasteiger partial charge in [0.25, 0.3) is 0 Å². The molecule has 0 saturated heterocycles. The Morgan fingerprint density at radius 3 is 0.921 bits per heavy atom. The van der Waals surface area contributed by atoms with Crippen molar-refractivity contribution in [2.24, 2.45) is 0 Å². The minimum atomic E-state index is -0.866. The molecule has 1 amide bonds. The van der Waals surface area contributed by atoms with E-state index in [4.69, 9.17) is 0 Å². The summed E-state index contributed by atoms with van der Waals surface area (Å²) in [7, 11) is 0. The van der Waals surface area contributed by atoms with Gasteiger partial charge in [0.2, 0.25) is 5.91 Å². The Labute approximate surface area is 476 Å². The summed E-state index contributed by atoms with van der Waals surface area (Å²) in [6.07, 6.45) is 97.0. The Bertz CT molecular complexity index is 1290. The third-order valence-corrected chi connectivity index (χ3v) is 15.7. The first-order chi connectivity index (χ1) is 37.7. The zero-order chi connectivity index (χ0) is 54.8. The first kappa shape index (κ1) is 73.8. The molecule has 0 aliphatic rings. The average Bonchev–Trinajstić information content (AvgIpc) is 3.42. The molecule has 2 atom stereocenters. The highest BCUT2D eigenvalue weighted by Gasteiger charge is 2.18. The Morgan fingerprint density at radius 2 is 0.592 bits per heavy atom. The van der Waals surface area contributed by atoms with E-state index in [2.05, 4.69) is 79.9 Å². The summed E-state index contributed by atoms with van der Waals surface area (Å²) in [6.45, 7) is 4.22. The van der Waals surface area contributed by atoms with Gasteiger partial charge in [-0.2, -0.15) is 0 Å². The van der Waals surface area contributed by atoms with Crippen LogP contribution in [0.2, 0.25) is 0 Å². The number of rotatable bonds is 63. The molecular formula is C72H133NO3. The second-order valence-electron chi connectivity index (χ2n) is 23.2. The SMILES string of the molecule is CC/C=C\C/C=C\C/C=C\C/C=C\CCCCCCCCCCCCCCCCCCCCC(=O)NC(CO)C(O)/C=C/CC/C=C/CCCCCCCCCCCCCCCCCCCCCCCCCCCCC. The molecule has 0 saturated carbocycles. The monoisotopic (exact) mass is 1060 g/mol. The number of nitrogens with one attached hydrogen (secondary N) is 1. The van der Waals surface area contributed by atoms with Gasteiger partial charge in [0.15, 0.2) is 0 Å². The van der Waals surface area contributed by atoms with Gasteiger partial charge in [-0.1, -0.05) is 356 Å². The Balaban J connectivity index is 3.47. The number of amides is 1. The summed E-state index contributed by atoms with van der Waals surface area (Å²) < 4.78 is 0. The van der Waals surface area contributed by atoms with Crippen LogP contribution in [0.3, 0.4) is 0 Å². The van der Waals surface area contributed by atoms with Crippen molar-refractivity contribution >= 4 is 5.91 Å². The minimum absolute atomic E-state index is 0.0696. The van der Waals surface area contributed by atoms with E-state index in [1.54, 1.807) is 6.08 Å². The molecular weight excluding hydrogens is 927 g/mol. The number of unbranched alkanes of at least 4 members (excludes halogenated alkanes) is 46. The summed E-state index contributed by atoms with van der Waals surface area (Å²) in [5, 5.41) is 23.3. The van der Waals surface area contributed by atoms with Crippen LogP contribution in [0, 0.1) is 0 Å². The number of aliphatic hydroxyl groups is 2. The number of hydrogen-bond acceptors (Lipinski definition) is 3. The molecule has 0 fully saturated rings. The molecule has 0 radical (unpaired) electrons. The molecule has 3 N–H and O–H groups in total. The highest BCUT2D eigenvalue weighted by Crippen LogP contribution is 2.18. The van der Waals surface area contributed by atoms with Gasteiger partial charge in [-0.15, -0.1) is 0 Å². The molecule has 0 aromatic carbocycles. The third-order valence-electron chi connectivity index (χ3n) is 15.7. The highest BCUT2D eigenvalue weighted by atomic mass is 16.3. The number of hydrogen-bond donors (Lipinski definition) is 3. The zero-order valence-electron chi connectivity index (χ0n) is 51.3.